The molecule has 4 aromatic heterocycles. The van der Waals surface area contributed by atoms with Gasteiger partial charge in [-0.25, -0.2) is 9.97 Å². The van der Waals surface area contributed by atoms with Gasteiger partial charge in [0.1, 0.15) is 5.76 Å². The van der Waals surface area contributed by atoms with E-state index in [2.05, 4.69) is 9.97 Å². The molecule has 0 aliphatic carbocycles. The molecule has 0 spiro atoms. The highest BCUT2D eigenvalue weighted by Gasteiger charge is 2.17. The average molecular weight is 416 g/mol. The lowest BCUT2D eigenvalue weighted by Gasteiger charge is -2.12. The van der Waals surface area contributed by atoms with Crippen LogP contribution in [-0.2, 0) is 5.75 Å². The highest BCUT2D eigenvalue weighted by Crippen LogP contribution is 2.28. The first-order valence-corrected chi connectivity index (χ1v) is 10.2. The lowest BCUT2D eigenvalue weighted by Crippen LogP contribution is -2.21. The molecule has 0 fully saturated rings. The topological polar surface area (TPSA) is 87.0 Å². The van der Waals surface area contributed by atoms with Crippen molar-refractivity contribution in [1.29, 1.82) is 0 Å². The Morgan fingerprint density at radius 3 is 2.77 bits per heavy atom. The molecule has 8 heteroatoms. The van der Waals surface area contributed by atoms with Crippen molar-refractivity contribution in [3.8, 4) is 17.3 Å². The molecule has 0 atom stereocenters. The molecule has 0 radical (unpaired) electrons. The monoisotopic (exact) mass is 416 g/mol. The summed E-state index contributed by atoms with van der Waals surface area (Å²) in [6.07, 6.45) is 4.90. The number of hydrogen-bond donors (Lipinski definition) is 0. The van der Waals surface area contributed by atoms with Crippen LogP contribution in [-0.4, -0.2) is 19.5 Å². The predicted molar refractivity (Wildman–Crippen MR) is 114 cm³/mol. The molecule has 0 N–H and O–H groups in total. The Morgan fingerprint density at radius 2 is 1.97 bits per heavy atom. The molecule has 30 heavy (non-hydrogen) atoms. The van der Waals surface area contributed by atoms with Gasteiger partial charge < -0.3 is 8.83 Å². The van der Waals surface area contributed by atoms with Gasteiger partial charge in [-0.05, 0) is 43.3 Å². The van der Waals surface area contributed by atoms with Gasteiger partial charge in [0.05, 0.1) is 34.7 Å². The number of rotatable bonds is 5. The zero-order chi connectivity index (χ0) is 20.5. The first kappa shape index (κ1) is 18.4. The third kappa shape index (κ3) is 3.31. The molecule has 148 valence electrons. The van der Waals surface area contributed by atoms with Crippen molar-refractivity contribution in [3.05, 3.63) is 89.0 Å². The summed E-state index contributed by atoms with van der Waals surface area (Å²) in [5, 5.41) is 1.12. The molecule has 1 aromatic carbocycles. The fourth-order valence-corrected chi connectivity index (χ4v) is 4.14. The van der Waals surface area contributed by atoms with E-state index in [9.17, 15) is 4.79 Å². The van der Waals surface area contributed by atoms with Crippen molar-refractivity contribution in [3.63, 3.8) is 0 Å². The van der Waals surface area contributed by atoms with Gasteiger partial charge in [-0.15, -0.1) is 0 Å². The Labute approximate surface area is 175 Å². The van der Waals surface area contributed by atoms with Crippen LogP contribution in [0, 0.1) is 6.92 Å². The number of para-hydroxylation sites is 1. The maximum Gasteiger partial charge on any atom is 0.266 e. The highest BCUT2D eigenvalue weighted by molar-refractivity contribution is 7.98. The van der Waals surface area contributed by atoms with Crippen LogP contribution in [0.1, 0.15) is 11.5 Å². The summed E-state index contributed by atoms with van der Waals surface area (Å²) in [7, 11) is 0. The van der Waals surface area contributed by atoms with E-state index < -0.39 is 0 Å². The summed E-state index contributed by atoms with van der Waals surface area (Å²) in [4.78, 5) is 26.7. The second-order valence-corrected chi connectivity index (χ2v) is 7.49. The van der Waals surface area contributed by atoms with E-state index in [-0.39, 0.29) is 5.56 Å². The Bertz CT molecular complexity index is 1380. The summed E-state index contributed by atoms with van der Waals surface area (Å²) in [6, 6.07) is 14.5. The van der Waals surface area contributed by atoms with Crippen molar-refractivity contribution in [2.45, 2.75) is 17.8 Å². The van der Waals surface area contributed by atoms with Crippen LogP contribution in [0.2, 0.25) is 0 Å². The Morgan fingerprint density at radius 1 is 1.07 bits per heavy atom. The van der Waals surface area contributed by atoms with Crippen molar-refractivity contribution in [2.75, 3.05) is 0 Å². The molecule has 0 aliphatic rings. The molecular formula is C22H16N4O3S. The summed E-state index contributed by atoms with van der Waals surface area (Å²) in [5.74, 6) is 2.20. The standard InChI is InChI=1S/C22H16N4O3S/c1-14-18(24-20(29-14)19-9-5-11-28-19)13-30-22-25-17-8-3-2-7-16(17)21(27)26(22)15-6-4-10-23-12-15/h2-12H,13H2,1H3. The molecule has 0 saturated carbocycles. The van der Waals surface area contributed by atoms with Gasteiger partial charge in [0.25, 0.3) is 11.4 Å². The highest BCUT2D eigenvalue weighted by atomic mass is 32.2. The summed E-state index contributed by atoms with van der Waals surface area (Å²) in [5.41, 5.74) is 1.95. The molecule has 7 nitrogen and oxygen atoms in total. The predicted octanol–water partition coefficient (Wildman–Crippen LogP) is 4.63. The van der Waals surface area contributed by atoms with E-state index in [4.69, 9.17) is 13.8 Å². The number of hydrogen-bond acceptors (Lipinski definition) is 7. The zero-order valence-corrected chi connectivity index (χ0v) is 16.8. The van der Waals surface area contributed by atoms with Gasteiger partial charge in [-0.1, -0.05) is 23.9 Å². The molecule has 0 saturated heterocycles. The van der Waals surface area contributed by atoms with Gasteiger partial charge in [0.2, 0.25) is 0 Å². The Balaban J connectivity index is 1.55. The molecule has 5 aromatic rings. The van der Waals surface area contributed by atoms with Crippen molar-refractivity contribution in [1.82, 2.24) is 19.5 Å². The van der Waals surface area contributed by atoms with Gasteiger partial charge in [-0.3, -0.25) is 14.3 Å². The Kier molecular flexibility index (Phi) is 4.68. The molecular weight excluding hydrogens is 400 g/mol. The number of oxazole rings is 1. The number of furan rings is 1. The van der Waals surface area contributed by atoms with Gasteiger partial charge in [0, 0.05) is 11.9 Å². The van der Waals surface area contributed by atoms with Crippen molar-refractivity contribution >= 4 is 22.7 Å². The molecule has 5 rings (SSSR count). The first-order valence-electron chi connectivity index (χ1n) is 9.26. The van der Waals surface area contributed by atoms with Crippen molar-refractivity contribution < 1.29 is 8.83 Å². The minimum atomic E-state index is -0.135. The van der Waals surface area contributed by atoms with Crippen LogP contribution < -0.4 is 5.56 Å². The lowest BCUT2D eigenvalue weighted by atomic mass is 10.2. The number of thioether (sulfide) groups is 1. The number of nitrogens with zero attached hydrogens (tertiary/aromatic N) is 4. The fraction of sp³-hybridized carbons (Fsp3) is 0.0909. The molecule has 0 amide bonds. The Hall–Kier alpha value is -3.65. The average Bonchev–Trinajstić information content (AvgIpc) is 3.43. The molecule has 0 bridgehead atoms. The van der Waals surface area contributed by atoms with E-state index in [1.165, 1.54) is 11.8 Å². The summed E-state index contributed by atoms with van der Waals surface area (Å²) in [6.45, 7) is 1.86. The maximum absolute atomic E-state index is 13.2. The third-order valence-electron chi connectivity index (χ3n) is 4.61. The summed E-state index contributed by atoms with van der Waals surface area (Å²) >= 11 is 1.42. The number of benzene rings is 1. The first-order chi connectivity index (χ1) is 14.7. The number of fused-ring (bicyclic) bond motifs is 1. The van der Waals surface area contributed by atoms with E-state index in [1.807, 2.05) is 31.2 Å². The minimum Gasteiger partial charge on any atom is -0.459 e. The van der Waals surface area contributed by atoms with Crippen LogP contribution in [0.5, 0.6) is 0 Å². The maximum atomic E-state index is 13.2. The van der Waals surface area contributed by atoms with Gasteiger partial charge in [-0.2, -0.15) is 0 Å². The molecule has 0 unspecified atom stereocenters. The van der Waals surface area contributed by atoms with Crippen LogP contribution in [0.25, 0.3) is 28.2 Å². The summed E-state index contributed by atoms with van der Waals surface area (Å²) < 4.78 is 12.7. The van der Waals surface area contributed by atoms with Gasteiger partial charge >= 0.3 is 0 Å². The second kappa shape index (κ2) is 7.64. The minimum absolute atomic E-state index is 0.135. The van der Waals surface area contributed by atoms with E-state index in [0.717, 1.165) is 5.69 Å². The second-order valence-electron chi connectivity index (χ2n) is 6.55. The largest absolute Gasteiger partial charge is 0.459 e. The number of aromatic nitrogens is 4. The van der Waals surface area contributed by atoms with E-state index >= 15 is 0 Å². The fourth-order valence-electron chi connectivity index (χ4n) is 3.12. The third-order valence-corrected chi connectivity index (χ3v) is 5.56. The van der Waals surface area contributed by atoms with E-state index in [0.29, 0.717) is 44.9 Å². The molecule has 0 aliphatic heterocycles. The van der Waals surface area contributed by atoms with Crippen molar-refractivity contribution in [2.24, 2.45) is 0 Å². The smallest absolute Gasteiger partial charge is 0.266 e. The quantitative estimate of drug-likeness (QED) is 0.305. The number of aryl methyl sites for hydroxylation is 1. The van der Waals surface area contributed by atoms with Crippen LogP contribution in [0.3, 0.4) is 0 Å². The number of pyridine rings is 1. The van der Waals surface area contributed by atoms with Crippen LogP contribution in [0.15, 0.2) is 86.0 Å². The normalized spacial score (nSPS) is 11.2. The SMILES string of the molecule is Cc1oc(-c2ccco2)nc1CSc1nc2ccccc2c(=O)n1-c1cccnc1. The van der Waals surface area contributed by atoms with Crippen LogP contribution in [0.4, 0.5) is 0 Å². The van der Waals surface area contributed by atoms with Gasteiger partial charge in [0.15, 0.2) is 10.9 Å². The van der Waals surface area contributed by atoms with Crippen LogP contribution >= 0.6 is 11.8 Å². The molecule has 4 heterocycles. The zero-order valence-electron chi connectivity index (χ0n) is 16.0. The van der Waals surface area contributed by atoms with E-state index in [1.54, 1.807) is 47.5 Å². The lowest BCUT2D eigenvalue weighted by molar-refractivity contribution is 0.500.